The Morgan fingerprint density at radius 1 is 1.08 bits per heavy atom. The van der Waals surface area contributed by atoms with Gasteiger partial charge in [0.2, 0.25) is 0 Å². The summed E-state index contributed by atoms with van der Waals surface area (Å²) in [7, 11) is 0. The predicted molar refractivity (Wildman–Crippen MR) is 99.5 cm³/mol. The van der Waals surface area contributed by atoms with Crippen molar-refractivity contribution < 1.29 is 14.3 Å². The highest BCUT2D eigenvalue weighted by Gasteiger charge is 2.62. The summed E-state index contributed by atoms with van der Waals surface area (Å²) in [6.45, 7) is 2.12. The van der Waals surface area contributed by atoms with Gasteiger partial charge < -0.3 is 9.47 Å². The molecule has 0 radical (unpaired) electrons. The molecule has 3 nitrogen and oxygen atoms in total. The smallest absolute Gasteiger partial charge is 0.384 e. The van der Waals surface area contributed by atoms with Gasteiger partial charge in [0.15, 0.2) is 5.60 Å². The van der Waals surface area contributed by atoms with Crippen LogP contribution in [0, 0.1) is 11.8 Å². The quantitative estimate of drug-likeness (QED) is 0.367. The van der Waals surface area contributed by atoms with Gasteiger partial charge in [0.1, 0.15) is 6.10 Å². The molecule has 3 heteroatoms. The Morgan fingerprint density at radius 2 is 1.69 bits per heavy atom. The highest BCUT2D eigenvalue weighted by atomic mass is 16.6. The van der Waals surface area contributed by atoms with Crippen LogP contribution < -0.4 is 0 Å². The van der Waals surface area contributed by atoms with Crippen LogP contribution in [0.15, 0.2) is 60.7 Å². The van der Waals surface area contributed by atoms with Crippen molar-refractivity contribution in [3.05, 3.63) is 71.8 Å². The minimum absolute atomic E-state index is 0.0542. The molecule has 2 aromatic rings. The standard InChI is InChI=1S/C23H22O3/c1-2-25-21(24)13-14-23-16-15-22(17-20(23)26-23,18-9-5-3-6-10-18)19-11-7-4-8-12-19/h3-12,20H,2,15-17H2,1H3/t20-,23+/m1/s1. The summed E-state index contributed by atoms with van der Waals surface area (Å²) in [6.07, 6.45) is 2.68. The molecular weight excluding hydrogens is 324 g/mol. The van der Waals surface area contributed by atoms with Crippen molar-refractivity contribution in [3.63, 3.8) is 0 Å². The molecule has 2 fully saturated rings. The van der Waals surface area contributed by atoms with Crippen LogP contribution in [-0.4, -0.2) is 24.3 Å². The third kappa shape index (κ3) is 2.91. The molecule has 0 bridgehead atoms. The maximum absolute atomic E-state index is 11.6. The maximum atomic E-state index is 11.6. The van der Waals surface area contributed by atoms with Crippen LogP contribution >= 0.6 is 0 Å². The summed E-state index contributed by atoms with van der Waals surface area (Å²) in [6, 6.07) is 21.3. The number of epoxide rings is 1. The van der Waals surface area contributed by atoms with Crippen molar-refractivity contribution in [1.29, 1.82) is 0 Å². The summed E-state index contributed by atoms with van der Waals surface area (Å²) in [5, 5.41) is 0. The molecule has 4 rings (SSSR count). The van der Waals surface area contributed by atoms with Crippen LogP contribution in [0.1, 0.15) is 37.3 Å². The molecule has 132 valence electrons. The van der Waals surface area contributed by atoms with Crippen molar-refractivity contribution in [1.82, 2.24) is 0 Å². The van der Waals surface area contributed by atoms with Gasteiger partial charge in [-0.25, -0.2) is 4.79 Å². The molecule has 2 aromatic carbocycles. The predicted octanol–water partition coefficient (Wildman–Crippen LogP) is 3.86. The van der Waals surface area contributed by atoms with Gasteiger partial charge in [-0.15, -0.1) is 0 Å². The zero-order valence-corrected chi connectivity index (χ0v) is 14.9. The van der Waals surface area contributed by atoms with E-state index in [9.17, 15) is 4.79 Å². The molecule has 1 saturated carbocycles. The third-order valence-corrected chi connectivity index (χ3v) is 5.58. The largest absolute Gasteiger partial charge is 0.456 e. The molecule has 0 unspecified atom stereocenters. The van der Waals surface area contributed by atoms with Crippen molar-refractivity contribution in [2.45, 2.75) is 43.3 Å². The highest BCUT2D eigenvalue weighted by molar-refractivity contribution is 5.88. The minimum Gasteiger partial charge on any atom is -0.456 e. The number of ether oxygens (including phenoxy) is 2. The summed E-state index contributed by atoms with van der Waals surface area (Å²) in [5.41, 5.74) is 2.08. The first-order chi connectivity index (χ1) is 12.7. The zero-order valence-electron chi connectivity index (χ0n) is 14.9. The summed E-state index contributed by atoms with van der Waals surface area (Å²) in [5.74, 6) is 5.18. The Labute approximate surface area is 154 Å². The molecule has 0 N–H and O–H groups in total. The van der Waals surface area contributed by atoms with Crippen molar-refractivity contribution in [2.24, 2.45) is 0 Å². The molecule has 1 aliphatic heterocycles. The number of benzene rings is 2. The number of fused-ring (bicyclic) bond motifs is 1. The van der Waals surface area contributed by atoms with E-state index in [1.54, 1.807) is 6.92 Å². The number of esters is 1. The van der Waals surface area contributed by atoms with Crippen LogP contribution in [0.5, 0.6) is 0 Å². The normalized spacial score (nSPS) is 25.3. The molecule has 2 aliphatic rings. The summed E-state index contributed by atoms with van der Waals surface area (Å²) < 4.78 is 10.9. The van der Waals surface area contributed by atoms with E-state index in [2.05, 4.69) is 60.4 Å². The van der Waals surface area contributed by atoms with Gasteiger partial charge in [-0.2, -0.15) is 0 Å². The van der Waals surface area contributed by atoms with E-state index in [1.165, 1.54) is 11.1 Å². The Kier molecular flexibility index (Phi) is 4.30. The number of rotatable bonds is 3. The Morgan fingerprint density at radius 3 is 2.23 bits per heavy atom. The van der Waals surface area contributed by atoms with Crippen molar-refractivity contribution in [3.8, 4) is 11.8 Å². The molecular formula is C23H22O3. The zero-order chi connectivity index (χ0) is 18.0. The Hall–Kier alpha value is -2.57. The van der Waals surface area contributed by atoms with Gasteiger partial charge >= 0.3 is 5.97 Å². The van der Waals surface area contributed by atoms with E-state index in [0.29, 0.717) is 6.61 Å². The molecule has 0 aromatic heterocycles. The van der Waals surface area contributed by atoms with Crippen LogP contribution in [0.25, 0.3) is 0 Å². The van der Waals surface area contributed by atoms with Crippen LogP contribution in [-0.2, 0) is 19.7 Å². The Bertz CT molecular complexity index is 808. The van der Waals surface area contributed by atoms with Crippen molar-refractivity contribution in [2.75, 3.05) is 6.61 Å². The van der Waals surface area contributed by atoms with E-state index in [-0.39, 0.29) is 11.5 Å². The van der Waals surface area contributed by atoms with Gasteiger partial charge in [-0.05, 0) is 37.3 Å². The minimum atomic E-state index is -0.473. The molecule has 1 heterocycles. The molecule has 1 saturated heterocycles. The molecule has 2 atom stereocenters. The number of hydrogen-bond donors (Lipinski definition) is 0. The molecule has 26 heavy (non-hydrogen) atoms. The lowest BCUT2D eigenvalue weighted by atomic mass is 9.63. The van der Waals surface area contributed by atoms with E-state index >= 15 is 0 Å². The first-order valence-corrected chi connectivity index (χ1v) is 9.17. The highest BCUT2D eigenvalue weighted by Crippen LogP contribution is 2.56. The fraction of sp³-hybridized carbons (Fsp3) is 0.348. The molecule has 0 spiro atoms. The first-order valence-electron chi connectivity index (χ1n) is 9.17. The summed E-state index contributed by atoms with van der Waals surface area (Å²) in [4.78, 5) is 11.6. The maximum Gasteiger partial charge on any atom is 0.384 e. The SMILES string of the molecule is CCOC(=O)C#C[C@]12CCC(c3ccccc3)(c3ccccc3)C[C@H]1O2. The fourth-order valence-electron chi connectivity index (χ4n) is 4.17. The lowest BCUT2D eigenvalue weighted by molar-refractivity contribution is -0.136. The van der Waals surface area contributed by atoms with E-state index in [1.807, 2.05) is 12.1 Å². The first kappa shape index (κ1) is 16.9. The van der Waals surface area contributed by atoms with E-state index in [4.69, 9.17) is 9.47 Å². The average Bonchev–Trinajstić information content (AvgIpc) is 3.41. The fourth-order valence-corrected chi connectivity index (χ4v) is 4.17. The monoisotopic (exact) mass is 346 g/mol. The number of carbonyl (C=O) groups excluding carboxylic acids is 1. The lowest BCUT2D eigenvalue weighted by Gasteiger charge is -2.38. The van der Waals surface area contributed by atoms with Gasteiger partial charge in [-0.3, -0.25) is 0 Å². The van der Waals surface area contributed by atoms with Crippen LogP contribution in [0.2, 0.25) is 0 Å². The van der Waals surface area contributed by atoms with Gasteiger partial charge in [0.05, 0.1) is 6.61 Å². The van der Waals surface area contributed by atoms with Gasteiger partial charge in [0.25, 0.3) is 0 Å². The van der Waals surface area contributed by atoms with E-state index in [0.717, 1.165) is 19.3 Å². The number of hydrogen-bond acceptors (Lipinski definition) is 3. The molecule has 1 aliphatic carbocycles. The summed E-state index contributed by atoms with van der Waals surface area (Å²) >= 11 is 0. The third-order valence-electron chi connectivity index (χ3n) is 5.58. The van der Waals surface area contributed by atoms with Crippen LogP contribution in [0.4, 0.5) is 0 Å². The second-order valence-electron chi connectivity index (χ2n) is 6.98. The molecule has 0 amide bonds. The topological polar surface area (TPSA) is 38.8 Å². The van der Waals surface area contributed by atoms with Crippen molar-refractivity contribution >= 4 is 5.97 Å². The van der Waals surface area contributed by atoms with Crippen LogP contribution in [0.3, 0.4) is 0 Å². The number of carbonyl (C=O) groups is 1. The average molecular weight is 346 g/mol. The van der Waals surface area contributed by atoms with Gasteiger partial charge in [0, 0.05) is 11.3 Å². The van der Waals surface area contributed by atoms with Gasteiger partial charge in [-0.1, -0.05) is 66.6 Å². The van der Waals surface area contributed by atoms with E-state index < -0.39 is 11.6 Å². The Balaban J connectivity index is 1.63. The lowest BCUT2D eigenvalue weighted by Crippen LogP contribution is -2.37. The second kappa shape index (κ2) is 6.63. The second-order valence-corrected chi connectivity index (χ2v) is 6.98.